The van der Waals surface area contributed by atoms with Gasteiger partial charge in [0.05, 0.1) is 21.3 Å². The van der Waals surface area contributed by atoms with E-state index in [1.807, 2.05) is 95.8 Å². The van der Waals surface area contributed by atoms with E-state index in [2.05, 4.69) is 4.98 Å². The molecule has 6 nitrogen and oxygen atoms in total. The second kappa shape index (κ2) is 9.91. The van der Waals surface area contributed by atoms with Crippen molar-refractivity contribution >= 4 is 33.4 Å². The number of fused-ring (bicyclic) bond motifs is 3. The van der Waals surface area contributed by atoms with Gasteiger partial charge in [-0.05, 0) is 72.3 Å². The average molecular weight is 545 g/mol. The van der Waals surface area contributed by atoms with Crippen molar-refractivity contribution in [3.63, 3.8) is 0 Å². The molecule has 0 aliphatic heterocycles. The lowest BCUT2D eigenvalue weighted by Crippen LogP contribution is -2.22. The summed E-state index contributed by atoms with van der Waals surface area (Å²) in [6.07, 6.45) is 3.82. The summed E-state index contributed by atoms with van der Waals surface area (Å²) in [5.41, 5.74) is 5.74. The first-order valence-electron chi connectivity index (χ1n) is 12.7. The van der Waals surface area contributed by atoms with Gasteiger partial charge in [0, 0.05) is 17.3 Å². The van der Waals surface area contributed by atoms with Crippen molar-refractivity contribution in [1.29, 1.82) is 0 Å². The second-order valence-electron chi connectivity index (χ2n) is 9.29. The molecule has 0 saturated carbocycles. The largest absolute Gasteiger partial charge is 0.489 e. The number of halogens is 1. The molecule has 3 aromatic heterocycles. The third-order valence-electron chi connectivity index (χ3n) is 6.64. The zero-order valence-electron chi connectivity index (χ0n) is 21.1. The topological polar surface area (TPSA) is 61.4 Å². The standard InChI is InChI=1S/C32H21FN4O2S/c33-24-14-10-21(11-15-24)20-39-26-16-12-22(13-17-26)30-23(19-36(35-30)25-6-2-1-3-7-25)18-29-31(38)37-28-9-5-4-8-27(28)34-32(37)40-29/h1-19H,20H2/b29-18-. The fraction of sp³-hybridized carbons (Fsp3) is 0.0312. The summed E-state index contributed by atoms with van der Waals surface area (Å²) in [7, 11) is 0. The monoisotopic (exact) mass is 544 g/mol. The number of aromatic nitrogens is 4. The van der Waals surface area contributed by atoms with Gasteiger partial charge >= 0.3 is 0 Å². The maximum absolute atomic E-state index is 13.4. The van der Waals surface area contributed by atoms with Gasteiger partial charge in [-0.2, -0.15) is 5.10 Å². The lowest BCUT2D eigenvalue weighted by molar-refractivity contribution is 0.306. The number of ether oxygens (including phenoxy) is 1. The first-order valence-corrected chi connectivity index (χ1v) is 13.5. The number of hydrogen-bond donors (Lipinski definition) is 0. The highest BCUT2D eigenvalue weighted by Gasteiger charge is 2.14. The van der Waals surface area contributed by atoms with E-state index < -0.39 is 0 Å². The van der Waals surface area contributed by atoms with Crippen LogP contribution < -0.4 is 14.8 Å². The van der Waals surface area contributed by atoms with Gasteiger partial charge in [-0.15, -0.1) is 0 Å². The third kappa shape index (κ3) is 4.44. The summed E-state index contributed by atoms with van der Waals surface area (Å²) in [5.74, 6) is 0.416. The van der Waals surface area contributed by atoms with Crippen molar-refractivity contribution < 1.29 is 9.13 Å². The molecule has 0 saturated heterocycles. The van der Waals surface area contributed by atoms with E-state index in [9.17, 15) is 9.18 Å². The molecule has 40 heavy (non-hydrogen) atoms. The third-order valence-corrected chi connectivity index (χ3v) is 7.61. The van der Waals surface area contributed by atoms with Crippen LogP contribution in [-0.2, 0) is 6.61 Å². The molecule has 0 spiro atoms. The zero-order chi connectivity index (χ0) is 27.1. The van der Waals surface area contributed by atoms with E-state index in [0.29, 0.717) is 21.8 Å². The van der Waals surface area contributed by atoms with Crippen LogP contribution in [0.3, 0.4) is 0 Å². The van der Waals surface area contributed by atoms with Crippen LogP contribution in [-0.4, -0.2) is 19.2 Å². The van der Waals surface area contributed by atoms with Crippen LogP contribution in [0, 0.1) is 5.82 Å². The first kappa shape index (κ1) is 24.0. The molecular formula is C32H21FN4O2S. The summed E-state index contributed by atoms with van der Waals surface area (Å²) >= 11 is 1.36. The molecule has 0 fully saturated rings. The Labute approximate surface area is 231 Å². The molecule has 0 atom stereocenters. The summed E-state index contributed by atoms with van der Waals surface area (Å²) in [4.78, 5) is 18.7. The summed E-state index contributed by atoms with van der Waals surface area (Å²) in [6.45, 7) is 0.336. The Balaban J connectivity index is 1.27. The Morgan fingerprint density at radius 3 is 2.42 bits per heavy atom. The normalized spacial score (nSPS) is 12.0. The van der Waals surface area contributed by atoms with Crippen molar-refractivity contribution in [2.24, 2.45) is 0 Å². The van der Waals surface area contributed by atoms with Crippen molar-refractivity contribution in [3.05, 3.63) is 141 Å². The van der Waals surface area contributed by atoms with E-state index in [1.165, 1.54) is 23.5 Å². The van der Waals surface area contributed by atoms with Crippen LogP contribution >= 0.6 is 11.3 Å². The van der Waals surface area contributed by atoms with E-state index in [-0.39, 0.29) is 11.4 Å². The van der Waals surface area contributed by atoms with Crippen LogP contribution in [0.4, 0.5) is 4.39 Å². The number of thiazole rings is 1. The van der Waals surface area contributed by atoms with Gasteiger partial charge in [0.25, 0.3) is 5.56 Å². The Morgan fingerprint density at radius 2 is 1.62 bits per heavy atom. The second-order valence-corrected chi connectivity index (χ2v) is 10.3. The Morgan fingerprint density at radius 1 is 0.875 bits per heavy atom. The molecule has 7 rings (SSSR count). The van der Waals surface area contributed by atoms with E-state index >= 15 is 0 Å². The van der Waals surface area contributed by atoms with Crippen molar-refractivity contribution in [2.75, 3.05) is 0 Å². The van der Waals surface area contributed by atoms with Gasteiger partial charge in [0.2, 0.25) is 0 Å². The maximum atomic E-state index is 13.4. The van der Waals surface area contributed by atoms with Crippen LogP contribution in [0.1, 0.15) is 11.1 Å². The molecule has 0 aliphatic carbocycles. The molecule has 7 aromatic rings. The van der Waals surface area contributed by atoms with E-state index in [1.54, 1.807) is 16.5 Å². The molecule has 0 bridgehead atoms. The Hall–Kier alpha value is -5.08. The minimum atomic E-state index is -0.273. The van der Waals surface area contributed by atoms with E-state index in [0.717, 1.165) is 39.1 Å². The highest BCUT2D eigenvalue weighted by molar-refractivity contribution is 7.15. The molecule has 0 unspecified atom stereocenters. The first-order chi connectivity index (χ1) is 19.6. The quantitative estimate of drug-likeness (QED) is 0.257. The minimum Gasteiger partial charge on any atom is -0.489 e. The number of hydrogen-bond acceptors (Lipinski definition) is 5. The van der Waals surface area contributed by atoms with Crippen LogP contribution in [0.2, 0.25) is 0 Å². The molecule has 0 amide bonds. The van der Waals surface area contributed by atoms with Gasteiger partial charge in [-0.3, -0.25) is 4.79 Å². The molecule has 0 N–H and O–H groups in total. The predicted molar refractivity (Wildman–Crippen MR) is 155 cm³/mol. The molecule has 0 aliphatic rings. The maximum Gasteiger partial charge on any atom is 0.274 e. The van der Waals surface area contributed by atoms with Crippen LogP contribution in [0.25, 0.3) is 39.0 Å². The van der Waals surface area contributed by atoms with Crippen molar-refractivity contribution in [1.82, 2.24) is 19.2 Å². The molecule has 8 heteroatoms. The lowest BCUT2D eigenvalue weighted by Gasteiger charge is -2.07. The fourth-order valence-electron chi connectivity index (χ4n) is 4.64. The van der Waals surface area contributed by atoms with Gasteiger partial charge in [-0.1, -0.05) is 53.8 Å². The van der Waals surface area contributed by atoms with Gasteiger partial charge in [0.1, 0.15) is 23.9 Å². The number of imidazole rings is 1. The number of para-hydroxylation sites is 3. The number of nitrogens with zero attached hydrogens (tertiary/aromatic N) is 4. The lowest BCUT2D eigenvalue weighted by atomic mass is 10.1. The van der Waals surface area contributed by atoms with Crippen LogP contribution in [0.5, 0.6) is 5.75 Å². The Kier molecular flexibility index (Phi) is 5.94. The van der Waals surface area contributed by atoms with Gasteiger partial charge < -0.3 is 4.74 Å². The average Bonchev–Trinajstić information content (AvgIpc) is 3.66. The fourth-order valence-corrected chi connectivity index (χ4v) is 5.62. The molecule has 0 radical (unpaired) electrons. The highest BCUT2D eigenvalue weighted by atomic mass is 32.1. The SMILES string of the molecule is O=c1/c(=C/c2cn(-c3ccccc3)nc2-c2ccc(OCc3ccc(F)cc3)cc2)sc2nc3ccccc3n12. The summed E-state index contributed by atoms with van der Waals surface area (Å²) < 4.78 is 23.1. The molecule has 3 heterocycles. The molecular weight excluding hydrogens is 523 g/mol. The number of benzene rings is 4. The smallest absolute Gasteiger partial charge is 0.274 e. The summed E-state index contributed by atoms with van der Waals surface area (Å²) in [6, 6.07) is 31.4. The molecule has 194 valence electrons. The zero-order valence-corrected chi connectivity index (χ0v) is 21.9. The number of rotatable bonds is 6. The van der Waals surface area contributed by atoms with E-state index in [4.69, 9.17) is 9.84 Å². The van der Waals surface area contributed by atoms with Crippen molar-refractivity contribution in [2.45, 2.75) is 6.61 Å². The van der Waals surface area contributed by atoms with Gasteiger partial charge in [-0.25, -0.2) is 18.5 Å². The van der Waals surface area contributed by atoms with Crippen LogP contribution in [0.15, 0.2) is 114 Å². The Bertz CT molecular complexity index is 2080. The molecule has 4 aromatic carbocycles. The predicted octanol–water partition coefficient (Wildman–Crippen LogP) is 6.03. The minimum absolute atomic E-state index is 0.100. The highest BCUT2D eigenvalue weighted by Crippen LogP contribution is 2.27. The van der Waals surface area contributed by atoms with Crippen molar-refractivity contribution in [3.8, 4) is 22.7 Å². The summed E-state index contributed by atoms with van der Waals surface area (Å²) in [5, 5.41) is 4.89. The van der Waals surface area contributed by atoms with Gasteiger partial charge in [0.15, 0.2) is 4.96 Å².